The van der Waals surface area contributed by atoms with Crippen LogP contribution in [0.3, 0.4) is 0 Å². The molecular weight excluding hydrogens is 362 g/mol. The Morgan fingerprint density at radius 3 is 2.85 bits per heavy atom. The van der Waals surface area contributed by atoms with Crippen LogP contribution in [-0.2, 0) is 12.2 Å². The Morgan fingerprint density at radius 1 is 1.11 bits per heavy atom. The van der Waals surface area contributed by atoms with E-state index in [2.05, 4.69) is 36.5 Å². The number of nitrogens with zero attached hydrogens (tertiary/aromatic N) is 7. The summed E-state index contributed by atoms with van der Waals surface area (Å²) < 4.78 is 7.06. The van der Waals surface area contributed by atoms with Crippen LogP contribution in [0.5, 0.6) is 5.88 Å². The summed E-state index contributed by atoms with van der Waals surface area (Å²) in [5.74, 6) is 5.02. The molecular formula is C18H21N7OS. The van der Waals surface area contributed by atoms with Crippen molar-refractivity contribution < 1.29 is 4.74 Å². The number of aryl methyl sites for hydroxylation is 1. The van der Waals surface area contributed by atoms with E-state index in [1.807, 2.05) is 28.4 Å². The number of thioether (sulfide) groups is 1. The van der Waals surface area contributed by atoms with Gasteiger partial charge in [-0.05, 0) is 36.3 Å². The lowest BCUT2D eigenvalue weighted by Crippen LogP contribution is -2.34. The third-order valence-corrected chi connectivity index (χ3v) is 6.35. The van der Waals surface area contributed by atoms with Crippen molar-refractivity contribution in [3.63, 3.8) is 0 Å². The Balaban J connectivity index is 1.33. The van der Waals surface area contributed by atoms with Gasteiger partial charge in [-0.2, -0.15) is 21.4 Å². The van der Waals surface area contributed by atoms with Crippen LogP contribution >= 0.6 is 11.8 Å². The highest BCUT2D eigenvalue weighted by Crippen LogP contribution is 2.31. The van der Waals surface area contributed by atoms with Crippen molar-refractivity contribution in [3.05, 3.63) is 35.3 Å². The summed E-state index contributed by atoms with van der Waals surface area (Å²) in [7, 11) is 1.62. The van der Waals surface area contributed by atoms with Crippen LogP contribution in [0, 0.1) is 0 Å². The molecule has 27 heavy (non-hydrogen) atoms. The lowest BCUT2D eigenvalue weighted by atomic mass is 9.96. The van der Waals surface area contributed by atoms with Crippen molar-refractivity contribution in [2.75, 3.05) is 30.9 Å². The van der Waals surface area contributed by atoms with E-state index < -0.39 is 0 Å². The van der Waals surface area contributed by atoms with Gasteiger partial charge in [-0.25, -0.2) is 0 Å². The number of fused-ring (bicyclic) bond motifs is 2. The summed E-state index contributed by atoms with van der Waals surface area (Å²) >= 11 is 1.97. The highest BCUT2D eigenvalue weighted by atomic mass is 32.2. The molecule has 0 spiro atoms. The van der Waals surface area contributed by atoms with E-state index in [1.54, 1.807) is 7.11 Å². The molecule has 140 valence electrons. The largest absolute Gasteiger partial charge is 0.480 e. The molecule has 1 fully saturated rings. The maximum absolute atomic E-state index is 5.24. The maximum Gasteiger partial charge on any atom is 0.231 e. The smallest absolute Gasteiger partial charge is 0.231 e. The minimum absolute atomic E-state index is 0.331. The third kappa shape index (κ3) is 3.09. The molecule has 3 aromatic rings. The van der Waals surface area contributed by atoms with Gasteiger partial charge in [-0.1, -0.05) is 0 Å². The van der Waals surface area contributed by atoms with Gasteiger partial charge in [-0.15, -0.1) is 20.4 Å². The molecule has 0 aliphatic carbocycles. The molecule has 8 nitrogen and oxygen atoms in total. The predicted octanol–water partition coefficient (Wildman–Crippen LogP) is 2.10. The van der Waals surface area contributed by atoms with Gasteiger partial charge in [0.1, 0.15) is 0 Å². The lowest BCUT2D eigenvalue weighted by molar-refractivity contribution is 0.386. The SMILES string of the molecule is COc1ccc2nnc(C3CCN(c4cc5c(nn4)CCSC5)CC3)n2n1. The van der Waals surface area contributed by atoms with Gasteiger partial charge < -0.3 is 9.64 Å². The standard InChI is InChI=1S/C18H21N7OS/c1-26-17-3-2-15-20-22-18(25(15)23-17)12-4-7-24(8-5-12)16-10-13-11-27-9-6-14(13)19-21-16/h2-3,10,12H,4-9,11H2,1H3. The number of rotatable bonds is 3. The Bertz CT molecular complexity index is 967. The number of piperidine rings is 1. The monoisotopic (exact) mass is 383 g/mol. The van der Waals surface area contributed by atoms with Gasteiger partial charge in [0.2, 0.25) is 5.88 Å². The van der Waals surface area contributed by atoms with Crippen LogP contribution in [0.1, 0.15) is 35.8 Å². The molecule has 5 rings (SSSR count). The van der Waals surface area contributed by atoms with Crippen LogP contribution in [0.25, 0.3) is 5.65 Å². The van der Waals surface area contributed by atoms with Crippen LogP contribution in [0.15, 0.2) is 18.2 Å². The van der Waals surface area contributed by atoms with Crippen molar-refractivity contribution >= 4 is 23.2 Å². The first-order valence-electron chi connectivity index (χ1n) is 9.26. The normalized spacial score (nSPS) is 17.9. The van der Waals surface area contributed by atoms with Gasteiger partial charge in [-0.3, -0.25) is 0 Å². The number of ether oxygens (including phenoxy) is 1. The van der Waals surface area contributed by atoms with Gasteiger partial charge >= 0.3 is 0 Å². The molecule has 0 N–H and O–H groups in total. The fourth-order valence-corrected chi connectivity index (χ4v) is 4.76. The predicted molar refractivity (Wildman–Crippen MR) is 103 cm³/mol. The Hall–Kier alpha value is -2.42. The second-order valence-electron chi connectivity index (χ2n) is 6.94. The number of anilines is 1. The van der Waals surface area contributed by atoms with E-state index in [0.29, 0.717) is 11.8 Å². The number of aromatic nitrogens is 6. The Morgan fingerprint density at radius 2 is 2.00 bits per heavy atom. The van der Waals surface area contributed by atoms with Crippen molar-refractivity contribution in [1.29, 1.82) is 0 Å². The first-order valence-corrected chi connectivity index (χ1v) is 10.4. The number of hydrogen-bond acceptors (Lipinski definition) is 8. The lowest BCUT2D eigenvalue weighted by Gasteiger charge is -2.32. The molecule has 3 aromatic heterocycles. The first-order chi connectivity index (χ1) is 13.3. The molecule has 0 unspecified atom stereocenters. The molecule has 1 saturated heterocycles. The van der Waals surface area contributed by atoms with Gasteiger partial charge in [0.25, 0.3) is 0 Å². The summed E-state index contributed by atoms with van der Waals surface area (Å²) in [6.45, 7) is 1.87. The summed E-state index contributed by atoms with van der Waals surface area (Å²) in [6.07, 6.45) is 3.02. The van der Waals surface area contributed by atoms with Gasteiger partial charge in [0.15, 0.2) is 17.3 Å². The Kier molecular flexibility index (Phi) is 4.31. The van der Waals surface area contributed by atoms with Crippen LogP contribution < -0.4 is 9.64 Å². The summed E-state index contributed by atoms with van der Waals surface area (Å²) in [4.78, 5) is 2.33. The van der Waals surface area contributed by atoms with Crippen LogP contribution in [0.2, 0.25) is 0 Å². The zero-order chi connectivity index (χ0) is 18.2. The van der Waals surface area contributed by atoms with E-state index in [1.165, 1.54) is 11.3 Å². The molecule has 0 saturated carbocycles. The Labute approximate surface area is 161 Å². The zero-order valence-electron chi connectivity index (χ0n) is 15.2. The molecule has 9 heteroatoms. The topological polar surface area (TPSA) is 81.3 Å². The van der Waals surface area contributed by atoms with Crippen molar-refractivity contribution in [2.24, 2.45) is 0 Å². The molecule has 0 amide bonds. The highest BCUT2D eigenvalue weighted by molar-refractivity contribution is 7.98. The summed E-state index contributed by atoms with van der Waals surface area (Å²) in [5.41, 5.74) is 3.27. The second kappa shape index (κ2) is 6.95. The molecule has 0 atom stereocenters. The van der Waals surface area contributed by atoms with Gasteiger partial charge in [0.05, 0.1) is 12.8 Å². The summed E-state index contributed by atoms with van der Waals surface area (Å²) in [5, 5.41) is 22.1. The van der Waals surface area contributed by atoms with Crippen molar-refractivity contribution in [1.82, 2.24) is 30.0 Å². The minimum Gasteiger partial charge on any atom is -0.480 e. The van der Waals surface area contributed by atoms with E-state index in [-0.39, 0.29) is 0 Å². The van der Waals surface area contributed by atoms with Gasteiger partial charge in [0, 0.05) is 37.2 Å². The fourth-order valence-electron chi connectivity index (χ4n) is 3.80. The van der Waals surface area contributed by atoms with Crippen LogP contribution in [-0.4, -0.2) is 56.0 Å². The quantitative estimate of drug-likeness (QED) is 0.680. The van der Waals surface area contributed by atoms with Crippen molar-refractivity contribution in [2.45, 2.75) is 30.9 Å². The molecule has 5 heterocycles. The van der Waals surface area contributed by atoms with E-state index in [0.717, 1.165) is 61.1 Å². The van der Waals surface area contributed by atoms with E-state index in [4.69, 9.17) is 4.74 Å². The zero-order valence-corrected chi connectivity index (χ0v) is 16.0. The minimum atomic E-state index is 0.331. The van der Waals surface area contributed by atoms with Crippen molar-refractivity contribution in [3.8, 4) is 5.88 Å². The number of methoxy groups -OCH3 is 1. The average molecular weight is 383 g/mol. The van der Waals surface area contributed by atoms with E-state index >= 15 is 0 Å². The first kappa shape index (κ1) is 16.7. The average Bonchev–Trinajstić information content (AvgIpc) is 3.16. The molecule has 0 bridgehead atoms. The molecule has 0 aromatic carbocycles. The molecule has 2 aliphatic rings. The second-order valence-corrected chi connectivity index (χ2v) is 8.05. The fraction of sp³-hybridized carbons (Fsp3) is 0.500. The molecule has 0 radical (unpaired) electrons. The van der Waals surface area contributed by atoms with E-state index in [9.17, 15) is 0 Å². The number of hydrogen-bond donors (Lipinski definition) is 0. The van der Waals surface area contributed by atoms with Crippen LogP contribution in [0.4, 0.5) is 5.82 Å². The maximum atomic E-state index is 5.24. The highest BCUT2D eigenvalue weighted by Gasteiger charge is 2.26. The summed E-state index contributed by atoms with van der Waals surface area (Å²) in [6, 6.07) is 5.93. The third-order valence-electron chi connectivity index (χ3n) is 5.34. The molecule has 2 aliphatic heterocycles.